The highest BCUT2D eigenvalue weighted by Crippen LogP contribution is 2.38. The lowest BCUT2D eigenvalue weighted by Crippen LogP contribution is -2.40. The molecule has 8 nitrogen and oxygen atoms in total. The third-order valence-corrected chi connectivity index (χ3v) is 4.19. The third-order valence-electron chi connectivity index (χ3n) is 4.19. The van der Waals surface area contributed by atoms with Crippen molar-refractivity contribution in [2.45, 2.75) is 52.8 Å². The molecule has 1 aromatic rings. The van der Waals surface area contributed by atoms with Crippen LogP contribution >= 0.6 is 24.0 Å². The number of nitrogens with one attached hydrogen (secondary N) is 3. The molecule has 3 N–H and O–H groups in total. The second kappa shape index (κ2) is 13.3. The normalized spacial score (nSPS) is 13.5. The number of aliphatic imine (C=N–C) groups is 1. The molecule has 0 saturated heterocycles. The van der Waals surface area contributed by atoms with Gasteiger partial charge in [0.2, 0.25) is 12.7 Å². The molecule has 1 aliphatic rings. The molecule has 0 spiro atoms. The predicted octanol–water partition coefficient (Wildman–Crippen LogP) is 2.99. The van der Waals surface area contributed by atoms with Gasteiger partial charge in [-0.05, 0) is 26.3 Å². The van der Waals surface area contributed by atoms with Crippen LogP contribution in [0.2, 0.25) is 0 Å². The van der Waals surface area contributed by atoms with Crippen molar-refractivity contribution in [3.8, 4) is 17.2 Å². The molecule has 1 unspecified atom stereocenters. The van der Waals surface area contributed by atoms with E-state index in [2.05, 4.69) is 25.7 Å². The van der Waals surface area contributed by atoms with Gasteiger partial charge in [0, 0.05) is 37.2 Å². The van der Waals surface area contributed by atoms with Crippen molar-refractivity contribution < 1.29 is 27.8 Å². The number of carbonyl (C=O) groups excluding carboxylic acids is 1. The predicted molar refractivity (Wildman–Crippen MR) is 120 cm³/mol. The molecule has 0 fully saturated rings. The monoisotopic (exact) mass is 542 g/mol. The Morgan fingerprint density at radius 2 is 1.93 bits per heavy atom. The molecule has 0 radical (unpaired) electrons. The van der Waals surface area contributed by atoms with Gasteiger partial charge >= 0.3 is 6.61 Å². The molecule has 0 aromatic heterocycles. The molecular formula is C19H29F2IN4O4. The summed E-state index contributed by atoms with van der Waals surface area (Å²) in [6.45, 7) is 3.98. The first kappa shape index (κ1) is 26.0. The fourth-order valence-corrected chi connectivity index (χ4v) is 2.54. The number of hydrogen-bond acceptors (Lipinski definition) is 5. The van der Waals surface area contributed by atoms with Crippen LogP contribution in [0.25, 0.3) is 0 Å². The van der Waals surface area contributed by atoms with Crippen LogP contribution in [-0.2, 0) is 11.3 Å². The average molecular weight is 542 g/mol. The van der Waals surface area contributed by atoms with E-state index in [1.165, 1.54) is 6.07 Å². The Kier molecular flexibility index (Phi) is 11.5. The minimum Gasteiger partial charge on any atom is -0.454 e. The fourth-order valence-electron chi connectivity index (χ4n) is 2.54. The molecule has 30 heavy (non-hydrogen) atoms. The lowest BCUT2D eigenvalue weighted by Gasteiger charge is -2.14. The second-order valence-electron chi connectivity index (χ2n) is 6.44. The first-order chi connectivity index (χ1) is 13.9. The summed E-state index contributed by atoms with van der Waals surface area (Å²) in [5.74, 6) is 1.20. The minimum absolute atomic E-state index is 0. The van der Waals surface area contributed by atoms with Gasteiger partial charge in [-0.2, -0.15) is 8.78 Å². The van der Waals surface area contributed by atoms with Gasteiger partial charge in [0.05, 0.1) is 6.54 Å². The summed E-state index contributed by atoms with van der Waals surface area (Å²) in [7, 11) is 0. The van der Waals surface area contributed by atoms with Crippen molar-refractivity contribution >= 4 is 35.8 Å². The molecule has 1 amide bonds. The summed E-state index contributed by atoms with van der Waals surface area (Å²) in [4.78, 5) is 16.3. The van der Waals surface area contributed by atoms with Gasteiger partial charge in [-0.1, -0.05) is 6.92 Å². The largest absolute Gasteiger partial charge is 0.454 e. The summed E-state index contributed by atoms with van der Waals surface area (Å²) in [6.07, 6.45) is 1.15. The first-order valence-corrected chi connectivity index (χ1v) is 9.61. The van der Waals surface area contributed by atoms with E-state index in [0.717, 1.165) is 6.42 Å². The molecule has 1 aromatic carbocycles. The maximum absolute atomic E-state index is 12.7. The number of carbonyl (C=O) groups is 1. The van der Waals surface area contributed by atoms with Gasteiger partial charge in [-0.3, -0.25) is 4.79 Å². The van der Waals surface area contributed by atoms with Crippen molar-refractivity contribution in [3.63, 3.8) is 0 Å². The van der Waals surface area contributed by atoms with E-state index in [0.29, 0.717) is 42.5 Å². The van der Waals surface area contributed by atoms with Crippen molar-refractivity contribution in [1.82, 2.24) is 16.0 Å². The zero-order valence-electron chi connectivity index (χ0n) is 17.3. The topological polar surface area (TPSA) is 93.2 Å². The Hall–Kier alpha value is -2.05. The van der Waals surface area contributed by atoms with Crippen LogP contribution in [0, 0.1) is 0 Å². The van der Waals surface area contributed by atoms with Crippen LogP contribution in [-0.4, -0.2) is 44.4 Å². The van der Waals surface area contributed by atoms with Crippen molar-refractivity contribution in [3.05, 3.63) is 17.7 Å². The van der Waals surface area contributed by atoms with Crippen LogP contribution in [0.4, 0.5) is 8.78 Å². The number of fused-ring (bicyclic) bond motifs is 1. The maximum atomic E-state index is 12.7. The summed E-state index contributed by atoms with van der Waals surface area (Å²) in [6, 6.07) is 3.08. The Bertz CT molecular complexity index is 722. The quantitative estimate of drug-likeness (QED) is 0.239. The second-order valence-corrected chi connectivity index (χ2v) is 6.44. The molecule has 11 heteroatoms. The molecule has 0 bridgehead atoms. The van der Waals surface area contributed by atoms with Gasteiger partial charge in [-0.25, -0.2) is 4.99 Å². The summed E-state index contributed by atoms with van der Waals surface area (Å²) < 4.78 is 40.6. The summed E-state index contributed by atoms with van der Waals surface area (Å²) >= 11 is 0. The Labute approximate surface area is 192 Å². The van der Waals surface area contributed by atoms with E-state index >= 15 is 0 Å². The van der Waals surface area contributed by atoms with E-state index in [4.69, 9.17) is 9.47 Å². The zero-order chi connectivity index (χ0) is 21.2. The summed E-state index contributed by atoms with van der Waals surface area (Å²) in [5, 5.41) is 9.00. The first-order valence-electron chi connectivity index (χ1n) is 9.61. The van der Waals surface area contributed by atoms with Gasteiger partial charge < -0.3 is 30.2 Å². The molecule has 170 valence electrons. The van der Waals surface area contributed by atoms with Crippen molar-refractivity contribution in [2.75, 3.05) is 19.9 Å². The minimum atomic E-state index is -2.96. The van der Waals surface area contributed by atoms with Crippen LogP contribution in [0.5, 0.6) is 17.2 Å². The SMILES string of the molecule is CCNC(=NCc1cc2c(cc1OC(F)F)OCO2)NCCC(=O)NC(C)CC.I. The van der Waals surface area contributed by atoms with E-state index < -0.39 is 6.61 Å². The lowest BCUT2D eigenvalue weighted by molar-refractivity contribution is -0.121. The maximum Gasteiger partial charge on any atom is 0.387 e. The highest BCUT2D eigenvalue weighted by atomic mass is 127. The summed E-state index contributed by atoms with van der Waals surface area (Å²) in [5.41, 5.74) is 0.432. The number of ether oxygens (including phenoxy) is 3. The Balaban J connectivity index is 0.00000450. The number of hydrogen-bond donors (Lipinski definition) is 3. The number of amides is 1. The molecular weight excluding hydrogens is 513 g/mol. The van der Waals surface area contributed by atoms with Gasteiger partial charge in [0.15, 0.2) is 17.5 Å². The average Bonchev–Trinajstić information content (AvgIpc) is 3.12. The molecule has 0 aliphatic carbocycles. The van der Waals surface area contributed by atoms with E-state index in [1.807, 2.05) is 20.8 Å². The smallest absolute Gasteiger partial charge is 0.387 e. The van der Waals surface area contributed by atoms with Gasteiger partial charge in [0.25, 0.3) is 0 Å². The molecule has 2 rings (SSSR count). The van der Waals surface area contributed by atoms with Gasteiger partial charge in [0.1, 0.15) is 5.75 Å². The van der Waals surface area contributed by atoms with E-state index in [9.17, 15) is 13.6 Å². The number of nitrogens with zero attached hydrogens (tertiary/aromatic N) is 1. The molecule has 1 aliphatic heterocycles. The van der Waals surface area contributed by atoms with Crippen LogP contribution in [0.3, 0.4) is 0 Å². The van der Waals surface area contributed by atoms with Crippen molar-refractivity contribution in [1.29, 1.82) is 0 Å². The molecule has 0 saturated carbocycles. The van der Waals surface area contributed by atoms with E-state index in [-0.39, 0.29) is 55.0 Å². The standard InChI is InChI=1S/C19H28F2N4O4.HI/c1-4-12(3)25-17(26)6-7-23-19(22-5-2)24-10-13-8-15-16(28-11-27-15)9-14(13)29-18(20)21;/h8-9,12,18H,4-7,10-11H2,1-3H3,(H,25,26)(H2,22,23,24);1H. The zero-order valence-corrected chi connectivity index (χ0v) is 19.6. The number of guanidine groups is 1. The molecule has 1 heterocycles. The highest BCUT2D eigenvalue weighted by molar-refractivity contribution is 14.0. The van der Waals surface area contributed by atoms with Gasteiger partial charge in [-0.15, -0.1) is 24.0 Å². The number of rotatable bonds is 10. The lowest BCUT2D eigenvalue weighted by atomic mass is 10.1. The van der Waals surface area contributed by atoms with Crippen LogP contribution in [0.1, 0.15) is 39.2 Å². The Morgan fingerprint density at radius 3 is 2.57 bits per heavy atom. The third kappa shape index (κ3) is 8.36. The van der Waals surface area contributed by atoms with Crippen molar-refractivity contribution in [2.24, 2.45) is 4.99 Å². The number of benzene rings is 1. The fraction of sp³-hybridized carbons (Fsp3) is 0.579. The van der Waals surface area contributed by atoms with E-state index in [1.54, 1.807) is 6.07 Å². The number of halogens is 3. The highest BCUT2D eigenvalue weighted by Gasteiger charge is 2.20. The van der Waals surface area contributed by atoms with Crippen LogP contribution < -0.4 is 30.2 Å². The van der Waals surface area contributed by atoms with Crippen LogP contribution in [0.15, 0.2) is 17.1 Å². The molecule has 1 atom stereocenters. The number of alkyl halides is 2. The Morgan fingerprint density at radius 1 is 1.23 bits per heavy atom.